The number of nitrogens with zero attached hydrogens (tertiary/aromatic N) is 3. The largest absolute Gasteiger partial charge is 0.446 e. The Kier molecular flexibility index (Phi) is 9.15. The second-order valence-corrected chi connectivity index (χ2v) is 8.06. The molecular weight excluding hydrogens is 445 g/mol. The lowest BCUT2D eigenvalue weighted by Gasteiger charge is -2.35. The van der Waals surface area contributed by atoms with E-state index in [4.69, 9.17) is 21.4 Å². The normalized spacial score (nSPS) is 16.4. The van der Waals surface area contributed by atoms with Crippen LogP contribution in [-0.2, 0) is 4.74 Å². The first-order chi connectivity index (χ1) is 16.0. The van der Waals surface area contributed by atoms with Gasteiger partial charge in [0, 0.05) is 31.2 Å². The molecule has 1 amide bonds. The highest BCUT2D eigenvalue weighted by Gasteiger charge is 2.30. The molecule has 0 spiro atoms. The summed E-state index contributed by atoms with van der Waals surface area (Å²) in [5.41, 5.74) is 2.73. The molecule has 1 aliphatic rings. The van der Waals surface area contributed by atoms with Gasteiger partial charge < -0.3 is 14.7 Å². The zero-order chi connectivity index (χ0) is 23.6. The minimum Gasteiger partial charge on any atom is -0.446 e. The molecule has 1 N–H and O–H groups in total. The van der Waals surface area contributed by atoms with E-state index < -0.39 is 0 Å². The lowest BCUT2D eigenvalue weighted by molar-refractivity contribution is 0.00760. The zero-order valence-corrected chi connectivity index (χ0v) is 19.2. The molecular formula is C25H27ClFN3O3. The van der Waals surface area contributed by atoms with Crippen LogP contribution in [0.25, 0.3) is 11.3 Å². The van der Waals surface area contributed by atoms with Crippen molar-refractivity contribution in [2.45, 2.75) is 38.3 Å². The third-order valence-corrected chi connectivity index (χ3v) is 5.61. The second-order valence-electron chi connectivity index (χ2n) is 7.67. The molecule has 2 aromatic carbocycles. The van der Waals surface area contributed by atoms with Crippen LogP contribution < -0.4 is 0 Å². The van der Waals surface area contributed by atoms with Crippen molar-refractivity contribution < 1.29 is 19.0 Å². The van der Waals surface area contributed by atoms with Gasteiger partial charge in [-0.2, -0.15) is 0 Å². The fraction of sp³-hybridized carbons (Fsp3) is 0.320. The molecule has 174 valence electrons. The number of aliphatic hydroxyl groups is 1. The van der Waals surface area contributed by atoms with Crippen molar-refractivity contribution in [2.24, 2.45) is 0 Å². The first-order valence-electron chi connectivity index (χ1n) is 10.8. The molecule has 6 nitrogen and oxygen atoms in total. The molecule has 0 bridgehead atoms. The lowest BCUT2D eigenvalue weighted by atomic mass is 10.0. The van der Waals surface area contributed by atoms with Gasteiger partial charge in [-0.15, -0.1) is 0 Å². The van der Waals surface area contributed by atoms with Crippen LogP contribution in [-0.4, -0.2) is 45.3 Å². The summed E-state index contributed by atoms with van der Waals surface area (Å²) in [6.07, 6.45) is 3.20. The van der Waals surface area contributed by atoms with Crippen molar-refractivity contribution in [2.75, 3.05) is 13.2 Å². The van der Waals surface area contributed by atoms with Crippen LogP contribution in [0.4, 0.5) is 9.18 Å². The molecule has 2 atom stereocenters. The van der Waals surface area contributed by atoms with E-state index in [1.54, 1.807) is 29.2 Å². The summed E-state index contributed by atoms with van der Waals surface area (Å²) in [5.74, 6) is -0.178. The predicted molar refractivity (Wildman–Crippen MR) is 125 cm³/mol. The Morgan fingerprint density at radius 3 is 2.48 bits per heavy atom. The Labute approximate surface area is 198 Å². The first kappa shape index (κ1) is 24.6. The van der Waals surface area contributed by atoms with Gasteiger partial charge in [-0.3, -0.25) is 0 Å². The molecule has 1 aromatic heterocycles. The summed E-state index contributed by atoms with van der Waals surface area (Å²) in [6, 6.07) is 17.5. The van der Waals surface area contributed by atoms with Gasteiger partial charge in [0.05, 0.1) is 11.7 Å². The molecule has 8 heteroatoms. The number of halogens is 2. The molecule has 1 fully saturated rings. The number of cyclic esters (lactones) is 1. The summed E-state index contributed by atoms with van der Waals surface area (Å²) >= 11 is 5.91. The SMILES string of the molecule is CC(c1ccc(-c2cc(Cl)ncn2)cc1)N1CCC(CCCO)OC1=O.Fc1ccccc1. The minimum absolute atomic E-state index is 0.0793. The Morgan fingerprint density at radius 1 is 1.18 bits per heavy atom. The first-order valence-corrected chi connectivity index (χ1v) is 11.2. The van der Waals surface area contributed by atoms with E-state index in [1.165, 1.54) is 18.5 Å². The zero-order valence-electron chi connectivity index (χ0n) is 18.4. The van der Waals surface area contributed by atoms with E-state index in [0.29, 0.717) is 24.5 Å². The maximum atomic E-state index is 12.3. The van der Waals surface area contributed by atoms with E-state index in [0.717, 1.165) is 23.2 Å². The fourth-order valence-electron chi connectivity index (χ4n) is 3.54. The van der Waals surface area contributed by atoms with Crippen molar-refractivity contribution in [3.05, 3.63) is 83.5 Å². The van der Waals surface area contributed by atoms with Crippen molar-refractivity contribution >= 4 is 17.7 Å². The number of hydrogen-bond donors (Lipinski definition) is 1. The van der Waals surface area contributed by atoms with Gasteiger partial charge in [0.2, 0.25) is 0 Å². The molecule has 4 rings (SSSR count). The van der Waals surface area contributed by atoms with Gasteiger partial charge in [0.1, 0.15) is 23.4 Å². The van der Waals surface area contributed by atoms with Gasteiger partial charge in [0.15, 0.2) is 0 Å². The molecule has 0 saturated carbocycles. The highest BCUT2D eigenvalue weighted by atomic mass is 35.5. The van der Waals surface area contributed by atoms with Crippen LogP contribution >= 0.6 is 11.6 Å². The summed E-state index contributed by atoms with van der Waals surface area (Å²) in [4.78, 5) is 22.2. The van der Waals surface area contributed by atoms with Gasteiger partial charge in [0.25, 0.3) is 0 Å². The average molecular weight is 472 g/mol. The second kappa shape index (κ2) is 12.3. The van der Waals surface area contributed by atoms with E-state index in [2.05, 4.69) is 9.97 Å². The number of aliphatic hydroxyl groups excluding tert-OH is 1. The highest BCUT2D eigenvalue weighted by molar-refractivity contribution is 6.29. The Morgan fingerprint density at radius 2 is 1.91 bits per heavy atom. The number of hydrogen-bond acceptors (Lipinski definition) is 5. The fourth-order valence-corrected chi connectivity index (χ4v) is 3.68. The highest BCUT2D eigenvalue weighted by Crippen LogP contribution is 2.28. The standard InChI is InChI=1S/C19H22ClN3O3.C6H5F/c1-13(23-9-8-16(3-2-10-24)26-19(23)25)14-4-6-15(7-5-14)17-11-18(20)22-12-21-17;7-6-4-2-1-3-5-6/h4-7,11-13,16,24H,2-3,8-10H2,1H3;1-5H. The predicted octanol–water partition coefficient (Wildman–Crippen LogP) is 5.67. The summed E-state index contributed by atoms with van der Waals surface area (Å²) < 4.78 is 17.4. The van der Waals surface area contributed by atoms with E-state index in [9.17, 15) is 9.18 Å². The van der Waals surface area contributed by atoms with Gasteiger partial charge >= 0.3 is 6.09 Å². The van der Waals surface area contributed by atoms with Crippen molar-refractivity contribution in [1.29, 1.82) is 0 Å². The van der Waals surface area contributed by atoms with Crippen molar-refractivity contribution in [3.63, 3.8) is 0 Å². The Hall–Kier alpha value is -3.03. The van der Waals surface area contributed by atoms with Crippen LogP contribution in [0.1, 0.15) is 37.8 Å². The van der Waals surface area contributed by atoms with E-state index in [-0.39, 0.29) is 30.7 Å². The number of carbonyl (C=O) groups is 1. The number of aromatic nitrogens is 2. The maximum absolute atomic E-state index is 12.3. The number of rotatable bonds is 6. The van der Waals surface area contributed by atoms with E-state index in [1.807, 2.05) is 31.2 Å². The molecule has 3 aromatic rings. The number of ether oxygens (including phenoxy) is 1. The molecule has 1 saturated heterocycles. The molecule has 1 aliphatic heterocycles. The molecule has 0 aliphatic carbocycles. The Bertz CT molecular complexity index is 1020. The topological polar surface area (TPSA) is 75.6 Å². The molecule has 33 heavy (non-hydrogen) atoms. The number of amides is 1. The van der Waals surface area contributed by atoms with Gasteiger partial charge in [-0.05, 0) is 37.5 Å². The number of carbonyl (C=O) groups excluding carboxylic acids is 1. The smallest absolute Gasteiger partial charge is 0.410 e. The van der Waals surface area contributed by atoms with Crippen LogP contribution in [0.15, 0.2) is 67.0 Å². The van der Waals surface area contributed by atoms with Gasteiger partial charge in [-0.1, -0.05) is 54.1 Å². The van der Waals surface area contributed by atoms with E-state index >= 15 is 0 Å². The monoisotopic (exact) mass is 471 g/mol. The summed E-state index contributed by atoms with van der Waals surface area (Å²) in [6.45, 7) is 2.77. The maximum Gasteiger partial charge on any atom is 0.410 e. The molecule has 0 radical (unpaired) electrons. The quantitative estimate of drug-likeness (QED) is 0.469. The van der Waals surface area contributed by atoms with Crippen LogP contribution in [0.5, 0.6) is 0 Å². The van der Waals surface area contributed by atoms with Crippen LogP contribution in [0.2, 0.25) is 5.15 Å². The van der Waals surface area contributed by atoms with Crippen molar-refractivity contribution in [1.82, 2.24) is 14.9 Å². The third-order valence-electron chi connectivity index (χ3n) is 5.40. The van der Waals surface area contributed by atoms with Crippen LogP contribution in [0.3, 0.4) is 0 Å². The average Bonchev–Trinajstić information content (AvgIpc) is 2.83. The number of benzene rings is 2. The third kappa shape index (κ3) is 7.23. The lowest BCUT2D eigenvalue weighted by Crippen LogP contribution is -2.43. The van der Waals surface area contributed by atoms with Crippen molar-refractivity contribution in [3.8, 4) is 11.3 Å². The molecule has 2 unspecified atom stereocenters. The Balaban J connectivity index is 0.000000374. The summed E-state index contributed by atoms with van der Waals surface area (Å²) in [5, 5.41) is 9.31. The van der Waals surface area contributed by atoms with Crippen LogP contribution in [0, 0.1) is 5.82 Å². The minimum atomic E-state index is -0.293. The van der Waals surface area contributed by atoms with Gasteiger partial charge in [-0.25, -0.2) is 19.2 Å². The molecule has 2 heterocycles. The summed E-state index contributed by atoms with van der Waals surface area (Å²) in [7, 11) is 0.